The summed E-state index contributed by atoms with van der Waals surface area (Å²) in [5.41, 5.74) is 4.38. The van der Waals surface area contributed by atoms with E-state index in [1.165, 1.54) is 11.1 Å². The van der Waals surface area contributed by atoms with Crippen LogP contribution in [0.15, 0.2) is 54.6 Å². The van der Waals surface area contributed by atoms with Crippen molar-refractivity contribution in [2.75, 3.05) is 11.9 Å². The second-order valence-electron chi connectivity index (χ2n) is 7.66. The number of amides is 1. The molecule has 1 fully saturated rings. The first kappa shape index (κ1) is 16.3. The van der Waals surface area contributed by atoms with Crippen LogP contribution in [0, 0.1) is 0 Å². The third-order valence-corrected chi connectivity index (χ3v) is 5.79. The molecule has 136 valence electrons. The van der Waals surface area contributed by atoms with Crippen LogP contribution in [0.3, 0.4) is 0 Å². The molecule has 3 aromatic rings. The number of fused-ring (bicyclic) bond motifs is 2. The number of benzene rings is 2. The maximum absolute atomic E-state index is 12.8. The second kappa shape index (κ2) is 6.38. The highest BCUT2D eigenvalue weighted by Gasteiger charge is 2.28. The molecule has 0 saturated heterocycles. The van der Waals surface area contributed by atoms with Crippen LogP contribution in [0.2, 0.25) is 0 Å². The van der Waals surface area contributed by atoms with Gasteiger partial charge in [-0.2, -0.15) is 0 Å². The van der Waals surface area contributed by atoms with E-state index in [0.29, 0.717) is 12.1 Å². The highest BCUT2D eigenvalue weighted by Crippen LogP contribution is 2.37. The minimum absolute atomic E-state index is 0.0116. The lowest BCUT2D eigenvalue weighted by molar-refractivity contribution is 0.0952. The van der Waals surface area contributed by atoms with Gasteiger partial charge in [-0.15, -0.1) is 0 Å². The van der Waals surface area contributed by atoms with Crippen molar-refractivity contribution < 1.29 is 4.79 Å². The van der Waals surface area contributed by atoms with Crippen molar-refractivity contribution in [1.82, 2.24) is 10.3 Å². The molecule has 1 saturated carbocycles. The van der Waals surface area contributed by atoms with Gasteiger partial charge in [0.05, 0.1) is 17.1 Å². The lowest BCUT2D eigenvalue weighted by atomic mass is 10.1. The van der Waals surface area contributed by atoms with Gasteiger partial charge >= 0.3 is 0 Å². The molecule has 1 heterocycles. The van der Waals surface area contributed by atoms with Crippen molar-refractivity contribution in [3.63, 3.8) is 0 Å². The summed E-state index contributed by atoms with van der Waals surface area (Å²) in [5.74, 6) is 0.869. The van der Waals surface area contributed by atoms with Crippen molar-refractivity contribution >= 4 is 22.6 Å². The predicted octanol–water partition coefficient (Wildman–Crippen LogP) is 4.25. The third-order valence-electron chi connectivity index (χ3n) is 5.79. The molecule has 2 aromatic carbocycles. The number of pyridine rings is 1. The number of rotatable bonds is 4. The number of aryl methyl sites for hydroxylation is 1. The highest BCUT2D eigenvalue weighted by atomic mass is 16.1. The molecule has 4 heteroatoms. The van der Waals surface area contributed by atoms with Crippen LogP contribution in [0.25, 0.3) is 10.9 Å². The average molecular weight is 357 g/mol. The number of nitrogens with zero attached hydrogens (tertiary/aromatic N) is 2. The normalized spacial score (nSPS) is 18.3. The van der Waals surface area contributed by atoms with Crippen molar-refractivity contribution in [1.29, 1.82) is 0 Å². The van der Waals surface area contributed by atoms with E-state index in [1.54, 1.807) is 0 Å². The monoisotopic (exact) mass is 357 g/mol. The van der Waals surface area contributed by atoms with Crippen molar-refractivity contribution in [3.05, 3.63) is 71.3 Å². The molecular weight excluding hydrogens is 334 g/mol. The zero-order chi connectivity index (χ0) is 18.4. The standard InChI is InChI=1S/C23H23N3O/c1-26(21-13-10-15-6-2-3-7-17(15)21)22-14-19(23(27)24-16-11-12-16)18-8-4-5-9-20(18)25-22/h2-9,14,16,21H,10-13H2,1H3,(H,24,27). The molecule has 1 unspecified atom stereocenters. The summed E-state index contributed by atoms with van der Waals surface area (Å²) in [6, 6.07) is 19.2. The Labute approximate surface area is 159 Å². The molecule has 4 nitrogen and oxygen atoms in total. The first-order chi connectivity index (χ1) is 13.2. The van der Waals surface area contributed by atoms with E-state index in [4.69, 9.17) is 4.98 Å². The molecule has 1 N–H and O–H groups in total. The second-order valence-corrected chi connectivity index (χ2v) is 7.66. The van der Waals surface area contributed by atoms with Gasteiger partial charge < -0.3 is 10.2 Å². The topological polar surface area (TPSA) is 45.2 Å². The molecule has 27 heavy (non-hydrogen) atoms. The van der Waals surface area contributed by atoms with Crippen LogP contribution in [0.5, 0.6) is 0 Å². The van der Waals surface area contributed by atoms with E-state index >= 15 is 0 Å². The van der Waals surface area contributed by atoms with E-state index in [9.17, 15) is 4.79 Å². The summed E-state index contributed by atoms with van der Waals surface area (Å²) in [6.07, 6.45) is 4.34. The number of carbonyl (C=O) groups excluding carboxylic acids is 1. The predicted molar refractivity (Wildman–Crippen MR) is 108 cm³/mol. The Morgan fingerprint density at radius 2 is 1.85 bits per heavy atom. The molecule has 1 atom stereocenters. The summed E-state index contributed by atoms with van der Waals surface area (Å²) in [6.45, 7) is 0. The average Bonchev–Trinajstić information content (AvgIpc) is 3.41. The summed E-state index contributed by atoms with van der Waals surface area (Å²) < 4.78 is 0. The number of nitrogens with one attached hydrogen (secondary N) is 1. The van der Waals surface area contributed by atoms with Gasteiger partial charge in [0, 0.05) is 18.5 Å². The number of anilines is 1. The fourth-order valence-electron chi connectivity index (χ4n) is 4.12. The van der Waals surface area contributed by atoms with Gasteiger partial charge in [0.15, 0.2) is 0 Å². The summed E-state index contributed by atoms with van der Waals surface area (Å²) in [7, 11) is 2.09. The summed E-state index contributed by atoms with van der Waals surface area (Å²) in [5, 5.41) is 4.04. The molecule has 2 aliphatic rings. The number of para-hydroxylation sites is 1. The number of aromatic nitrogens is 1. The zero-order valence-corrected chi connectivity index (χ0v) is 15.5. The van der Waals surface area contributed by atoms with Crippen LogP contribution in [-0.4, -0.2) is 24.0 Å². The van der Waals surface area contributed by atoms with Gasteiger partial charge in [-0.05, 0) is 48.9 Å². The van der Waals surface area contributed by atoms with Crippen molar-refractivity contribution in [2.45, 2.75) is 37.8 Å². The molecule has 0 spiro atoms. The smallest absolute Gasteiger partial charge is 0.252 e. The molecule has 5 rings (SSSR count). The van der Waals surface area contributed by atoms with Crippen LogP contribution in [0.4, 0.5) is 5.82 Å². The van der Waals surface area contributed by atoms with Crippen LogP contribution in [0.1, 0.15) is 46.8 Å². The first-order valence-corrected chi connectivity index (χ1v) is 9.72. The van der Waals surface area contributed by atoms with E-state index in [0.717, 1.165) is 48.0 Å². The molecule has 0 bridgehead atoms. The van der Waals surface area contributed by atoms with Gasteiger partial charge in [-0.25, -0.2) is 4.98 Å². The summed E-state index contributed by atoms with van der Waals surface area (Å²) >= 11 is 0. The Morgan fingerprint density at radius 1 is 1.07 bits per heavy atom. The Kier molecular flexibility index (Phi) is 3.85. The molecule has 0 radical (unpaired) electrons. The minimum Gasteiger partial charge on any atom is -0.353 e. The Morgan fingerprint density at radius 3 is 2.70 bits per heavy atom. The number of hydrogen-bond acceptors (Lipinski definition) is 3. The van der Waals surface area contributed by atoms with Crippen molar-refractivity contribution in [2.24, 2.45) is 0 Å². The van der Waals surface area contributed by atoms with E-state index in [1.807, 2.05) is 30.3 Å². The Balaban J connectivity index is 1.56. The third kappa shape index (κ3) is 2.95. The lowest BCUT2D eigenvalue weighted by Crippen LogP contribution is -2.27. The maximum Gasteiger partial charge on any atom is 0.252 e. The molecule has 0 aliphatic heterocycles. The largest absolute Gasteiger partial charge is 0.353 e. The van der Waals surface area contributed by atoms with Gasteiger partial charge in [-0.1, -0.05) is 42.5 Å². The molecular formula is C23H23N3O. The fourth-order valence-corrected chi connectivity index (χ4v) is 4.12. The Hall–Kier alpha value is -2.88. The first-order valence-electron chi connectivity index (χ1n) is 9.72. The van der Waals surface area contributed by atoms with Crippen molar-refractivity contribution in [3.8, 4) is 0 Å². The number of carbonyl (C=O) groups is 1. The number of hydrogen-bond donors (Lipinski definition) is 1. The zero-order valence-electron chi connectivity index (χ0n) is 15.5. The fraction of sp³-hybridized carbons (Fsp3) is 0.304. The quantitative estimate of drug-likeness (QED) is 0.759. The summed E-state index contributed by atoms with van der Waals surface area (Å²) in [4.78, 5) is 20.0. The van der Waals surface area contributed by atoms with Gasteiger partial charge in [0.25, 0.3) is 5.91 Å². The van der Waals surface area contributed by atoms with Crippen LogP contribution in [-0.2, 0) is 6.42 Å². The Bertz CT molecular complexity index is 1030. The maximum atomic E-state index is 12.8. The van der Waals surface area contributed by atoms with Gasteiger partial charge in [0.1, 0.15) is 5.82 Å². The van der Waals surface area contributed by atoms with Crippen LogP contribution < -0.4 is 10.2 Å². The van der Waals surface area contributed by atoms with Gasteiger partial charge in [0.2, 0.25) is 0 Å². The molecule has 1 amide bonds. The highest BCUT2D eigenvalue weighted by molar-refractivity contribution is 6.07. The molecule has 2 aliphatic carbocycles. The van der Waals surface area contributed by atoms with E-state index < -0.39 is 0 Å². The van der Waals surface area contributed by atoms with Gasteiger partial charge in [-0.3, -0.25) is 4.79 Å². The van der Waals surface area contributed by atoms with E-state index in [-0.39, 0.29) is 5.91 Å². The minimum atomic E-state index is 0.0116. The van der Waals surface area contributed by atoms with Crippen LogP contribution >= 0.6 is 0 Å². The lowest BCUT2D eigenvalue weighted by Gasteiger charge is -2.27. The van der Waals surface area contributed by atoms with E-state index in [2.05, 4.69) is 41.5 Å². The SMILES string of the molecule is CN(c1cc(C(=O)NC2CC2)c2ccccc2n1)C1CCc2ccccc21. The molecule has 1 aromatic heterocycles.